The maximum atomic E-state index is 13.4. The molecule has 236 valence electrons. The lowest BCUT2D eigenvalue weighted by Crippen LogP contribution is -2.56. The Hall–Kier alpha value is -3.14. The van der Waals surface area contributed by atoms with E-state index < -0.39 is 36.8 Å². The molecule has 4 atom stereocenters. The van der Waals surface area contributed by atoms with Crippen molar-refractivity contribution in [3.8, 4) is 6.07 Å². The molecule has 0 saturated carbocycles. The molecule has 4 N–H and O–H groups in total. The van der Waals surface area contributed by atoms with Crippen molar-refractivity contribution >= 4 is 48.0 Å². The van der Waals surface area contributed by atoms with Gasteiger partial charge in [-0.25, -0.2) is 0 Å². The molecule has 1 heterocycles. The van der Waals surface area contributed by atoms with Crippen molar-refractivity contribution in [1.29, 1.82) is 5.26 Å². The van der Waals surface area contributed by atoms with Gasteiger partial charge in [-0.15, -0.1) is 0 Å². The zero-order valence-corrected chi connectivity index (χ0v) is 26.4. The summed E-state index contributed by atoms with van der Waals surface area (Å²) in [6, 6.07) is 14.0. The summed E-state index contributed by atoms with van der Waals surface area (Å²) in [4.78, 5) is 41.4. The number of benzene rings is 2. The van der Waals surface area contributed by atoms with E-state index in [-0.39, 0.29) is 47.2 Å². The largest absolute Gasteiger partial charge is 0.475 e. The second-order valence-corrected chi connectivity index (χ2v) is 12.2. The van der Waals surface area contributed by atoms with E-state index >= 15 is 0 Å². The molecule has 1 aliphatic heterocycles. The first-order valence-corrected chi connectivity index (χ1v) is 15.5. The fraction of sp³-hybridized carbons (Fsp3) is 0.484. The number of rotatable bonds is 15. The molecule has 1 aliphatic rings. The number of hydrogen-bond donors (Lipinski definition) is 4. The summed E-state index contributed by atoms with van der Waals surface area (Å²) < 4.78 is 5.91. The molecule has 2 aromatic carbocycles. The lowest BCUT2D eigenvalue weighted by molar-refractivity contribution is -0.136. The van der Waals surface area contributed by atoms with Crippen molar-refractivity contribution in [2.24, 2.45) is 11.8 Å². The summed E-state index contributed by atoms with van der Waals surface area (Å²) in [5.41, 5.74) is 0.819. The van der Waals surface area contributed by atoms with Gasteiger partial charge in [0.15, 0.2) is 0 Å². The zero-order chi connectivity index (χ0) is 32.2. The molecule has 0 aromatic heterocycles. The second-order valence-electron chi connectivity index (χ2n) is 11.4. The van der Waals surface area contributed by atoms with E-state index in [4.69, 9.17) is 27.9 Å². The number of hydrogen-bond acceptors (Lipinski definition) is 7. The summed E-state index contributed by atoms with van der Waals surface area (Å²) >= 11 is 12.3. The van der Waals surface area contributed by atoms with E-state index in [2.05, 4.69) is 16.7 Å². The van der Waals surface area contributed by atoms with Gasteiger partial charge in [-0.2, -0.15) is 5.26 Å². The van der Waals surface area contributed by atoms with Gasteiger partial charge in [-0.3, -0.25) is 14.4 Å². The molecule has 0 bridgehead atoms. The van der Waals surface area contributed by atoms with Crippen LogP contribution in [0.4, 0.5) is 0 Å². The summed E-state index contributed by atoms with van der Waals surface area (Å²) in [5.74, 6) is -3.04. The first-order valence-electron chi connectivity index (χ1n) is 14.7. The third-order valence-corrected chi connectivity index (χ3v) is 8.09. The molecule has 13 heteroatoms. The van der Waals surface area contributed by atoms with Gasteiger partial charge in [0.2, 0.25) is 11.8 Å². The smallest absolute Gasteiger partial charge is 0.426 e. The predicted molar refractivity (Wildman–Crippen MR) is 169 cm³/mol. The van der Waals surface area contributed by atoms with Crippen LogP contribution in [0.3, 0.4) is 0 Å². The standard InChI is InChI=1S/C31H39BCl2N4O6/c1-20(2)10-11-22(17-35)31(41)38-14-6-9-24(38)18-44-19-27(36-29(39)25-16-23(33)12-13-26(25)34)30(40)37-28(32(42)43)15-21-7-4-3-5-8-21/h3-5,7-8,12-13,16,20,22,24,27-28,42-43H,6,9-11,14-15,18-19H2,1-2H3,(H,36,39)(H,37,40)/t22?,24-,27+,28+/m1/s1. The number of nitriles is 1. The van der Waals surface area contributed by atoms with Crippen LogP contribution in [0.15, 0.2) is 48.5 Å². The zero-order valence-electron chi connectivity index (χ0n) is 24.9. The van der Waals surface area contributed by atoms with Gasteiger partial charge in [0.25, 0.3) is 5.91 Å². The number of nitrogens with zero attached hydrogens (tertiary/aromatic N) is 2. The summed E-state index contributed by atoms with van der Waals surface area (Å²) in [5, 5.41) is 35.2. The van der Waals surface area contributed by atoms with Crippen LogP contribution in [0.1, 0.15) is 55.5 Å². The number of amides is 3. The normalized spacial score (nSPS) is 16.6. The Labute approximate surface area is 268 Å². The van der Waals surface area contributed by atoms with E-state index in [1.807, 2.05) is 19.9 Å². The monoisotopic (exact) mass is 644 g/mol. The van der Waals surface area contributed by atoms with Crippen molar-refractivity contribution < 1.29 is 29.2 Å². The number of ether oxygens (including phenoxy) is 1. The van der Waals surface area contributed by atoms with Crippen molar-refractivity contribution in [3.05, 3.63) is 69.7 Å². The number of likely N-dealkylation sites (tertiary alicyclic amines) is 1. The molecule has 44 heavy (non-hydrogen) atoms. The molecule has 0 spiro atoms. The Morgan fingerprint density at radius 3 is 2.50 bits per heavy atom. The minimum absolute atomic E-state index is 0.0523. The SMILES string of the molecule is CC(C)CCC(C#N)C(=O)N1CCC[C@@H]1COC[C@H](NC(=O)c1cc(Cl)ccc1Cl)C(=O)N[C@@H](Cc1ccccc1)B(O)O. The Morgan fingerprint density at radius 2 is 1.84 bits per heavy atom. The number of carbonyl (C=O) groups excluding carboxylic acids is 3. The Morgan fingerprint density at radius 1 is 1.11 bits per heavy atom. The van der Waals surface area contributed by atoms with Crippen LogP contribution in [0.5, 0.6) is 0 Å². The third-order valence-electron chi connectivity index (χ3n) is 7.52. The van der Waals surface area contributed by atoms with Gasteiger partial charge in [0.1, 0.15) is 12.0 Å². The minimum atomic E-state index is -1.87. The van der Waals surface area contributed by atoms with E-state index in [0.29, 0.717) is 25.3 Å². The molecule has 3 amide bonds. The van der Waals surface area contributed by atoms with Crippen LogP contribution in [0.2, 0.25) is 10.0 Å². The number of nitrogens with one attached hydrogen (secondary N) is 2. The lowest BCUT2D eigenvalue weighted by atomic mass is 9.76. The number of halogens is 2. The molecule has 1 fully saturated rings. The average Bonchev–Trinajstić information content (AvgIpc) is 3.46. The van der Waals surface area contributed by atoms with Crippen LogP contribution >= 0.6 is 23.2 Å². The van der Waals surface area contributed by atoms with Gasteiger partial charge in [-0.05, 0) is 61.8 Å². The van der Waals surface area contributed by atoms with E-state index in [1.165, 1.54) is 18.2 Å². The van der Waals surface area contributed by atoms with E-state index in [1.54, 1.807) is 29.2 Å². The highest BCUT2D eigenvalue weighted by atomic mass is 35.5. The average molecular weight is 645 g/mol. The molecule has 10 nitrogen and oxygen atoms in total. The van der Waals surface area contributed by atoms with Crippen molar-refractivity contribution in [3.63, 3.8) is 0 Å². The molecule has 3 rings (SSSR count). The number of carbonyl (C=O) groups is 3. The first kappa shape index (κ1) is 35.3. The van der Waals surface area contributed by atoms with Crippen molar-refractivity contribution in [2.45, 2.75) is 64.0 Å². The molecule has 0 radical (unpaired) electrons. The summed E-state index contributed by atoms with van der Waals surface area (Å²) in [6.45, 7) is 4.41. The fourth-order valence-electron chi connectivity index (χ4n) is 5.04. The topological polar surface area (TPSA) is 152 Å². The minimum Gasteiger partial charge on any atom is -0.426 e. The van der Waals surface area contributed by atoms with Gasteiger partial charge in [0, 0.05) is 11.6 Å². The maximum Gasteiger partial charge on any atom is 0.475 e. The summed E-state index contributed by atoms with van der Waals surface area (Å²) in [6.07, 6.45) is 2.80. The van der Waals surface area contributed by atoms with Crippen LogP contribution in [0.25, 0.3) is 0 Å². The van der Waals surface area contributed by atoms with Crippen molar-refractivity contribution in [2.75, 3.05) is 19.8 Å². The van der Waals surface area contributed by atoms with Crippen LogP contribution in [-0.4, -0.2) is 77.6 Å². The molecular weight excluding hydrogens is 606 g/mol. The molecule has 2 aromatic rings. The predicted octanol–water partition coefficient (Wildman–Crippen LogP) is 3.41. The highest BCUT2D eigenvalue weighted by molar-refractivity contribution is 6.43. The first-order chi connectivity index (χ1) is 21.0. The molecular formula is C31H39BCl2N4O6. The quantitative estimate of drug-likeness (QED) is 0.217. The Bertz CT molecular complexity index is 1310. The lowest BCUT2D eigenvalue weighted by Gasteiger charge is -2.28. The van der Waals surface area contributed by atoms with Crippen LogP contribution < -0.4 is 10.6 Å². The third kappa shape index (κ3) is 10.5. The van der Waals surface area contributed by atoms with Crippen molar-refractivity contribution in [1.82, 2.24) is 15.5 Å². The van der Waals surface area contributed by atoms with Gasteiger partial charge < -0.3 is 30.3 Å². The molecule has 1 saturated heterocycles. The molecule has 0 aliphatic carbocycles. The highest BCUT2D eigenvalue weighted by Gasteiger charge is 2.34. The van der Waals surface area contributed by atoms with E-state index in [0.717, 1.165) is 18.4 Å². The van der Waals surface area contributed by atoms with Crippen LogP contribution in [-0.2, 0) is 20.7 Å². The van der Waals surface area contributed by atoms with Gasteiger partial charge >= 0.3 is 7.12 Å². The Kier molecular flexibility index (Phi) is 14.0. The van der Waals surface area contributed by atoms with Gasteiger partial charge in [-0.1, -0.05) is 67.4 Å². The molecule has 1 unspecified atom stereocenters. The highest BCUT2D eigenvalue weighted by Crippen LogP contribution is 2.23. The Balaban J connectivity index is 1.72. The van der Waals surface area contributed by atoms with Gasteiger partial charge in [0.05, 0.1) is 41.9 Å². The summed E-state index contributed by atoms with van der Waals surface area (Å²) in [7, 11) is -1.87. The van der Waals surface area contributed by atoms with Crippen LogP contribution in [0, 0.1) is 23.2 Å². The maximum absolute atomic E-state index is 13.4. The van der Waals surface area contributed by atoms with E-state index in [9.17, 15) is 29.7 Å². The second kappa shape index (κ2) is 17.4. The fourth-order valence-corrected chi connectivity index (χ4v) is 5.41.